The van der Waals surface area contributed by atoms with Crippen molar-refractivity contribution < 1.29 is 0 Å². The van der Waals surface area contributed by atoms with Crippen LogP contribution in [0.2, 0.25) is 0 Å². The predicted molar refractivity (Wildman–Crippen MR) is 54.6 cm³/mol. The van der Waals surface area contributed by atoms with Crippen LogP contribution in [0.5, 0.6) is 0 Å². The van der Waals surface area contributed by atoms with E-state index in [1.165, 1.54) is 24.1 Å². The third-order valence-electron chi connectivity index (χ3n) is 2.61. The molecule has 1 saturated carbocycles. The van der Waals surface area contributed by atoms with Crippen LogP contribution < -0.4 is 11.1 Å². The first-order chi connectivity index (χ1) is 6.29. The van der Waals surface area contributed by atoms with Crippen molar-refractivity contribution in [3.05, 3.63) is 16.6 Å². The number of nitrogens with two attached hydrogens (primary N) is 1. The molecule has 1 aliphatic rings. The molecule has 4 heteroatoms. The van der Waals surface area contributed by atoms with Crippen molar-refractivity contribution in [3.63, 3.8) is 0 Å². The molecule has 1 aromatic rings. The van der Waals surface area contributed by atoms with Gasteiger partial charge in [0.25, 0.3) is 0 Å². The Morgan fingerprint density at radius 2 is 2.46 bits per heavy atom. The van der Waals surface area contributed by atoms with Gasteiger partial charge in [-0.2, -0.15) is 0 Å². The Morgan fingerprint density at radius 1 is 1.62 bits per heavy atom. The lowest BCUT2D eigenvalue weighted by atomic mass is 9.78. The van der Waals surface area contributed by atoms with Crippen LogP contribution in [0.15, 0.2) is 11.7 Å². The molecule has 0 aromatic carbocycles. The smallest absolute Gasteiger partial charge is 0.0794 e. The van der Waals surface area contributed by atoms with Gasteiger partial charge in [-0.1, -0.05) is 0 Å². The average Bonchev–Trinajstić information content (AvgIpc) is 2.54. The summed E-state index contributed by atoms with van der Waals surface area (Å²) in [6, 6.07) is 0. The predicted octanol–water partition coefficient (Wildman–Crippen LogP) is 1.11. The summed E-state index contributed by atoms with van der Waals surface area (Å²) >= 11 is 1.68. The first-order valence-electron chi connectivity index (χ1n) is 4.65. The van der Waals surface area contributed by atoms with Crippen LogP contribution in [-0.2, 0) is 6.54 Å². The highest BCUT2D eigenvalue weighted by atomic mass is 32.1. The fraction of sp³-hybridized carbons (Fsp3) is 0.667. The van der Waals surface area contributed by atoms with Gasteiger partial charge in [0.15, 0.2) is 0 Å². The van der Waals surface area contributed by atoms with Gasteiger partial charge in [-0.25, -0.2) is 0 Å². The summed E-state index contributed by atoms with van der Waals surface area (Å²) in [5.41, 5.74) is 8.02. The maximum atomic E-state index is 6.07. The molecule has 0 atom stereocenters. The minimum atomic E-state index is 0.0880. The van der Waals surface area contributed by atoms with E-state index in [9.17, 15) is 0 Å². The standard InChI is InChI=1S/C9H15N3S/c10-9(2-1-3-9)6-11-4-8-5-12-7-13-8/h5,7,11H,1-4,6,10H2. The number of hydrogen-bond acceptors (Lipinski definition) is 4. The highest BCUT2D eigenvalue weighted by molar-refractivity contribution is 7.09. The molecule has 1 heterocycles. The topological polar surface area (TPSA) is 50.9 Å². The minimum absolute atomic E-state index is 0.0880. The summed E-state index contributed by atoms with van der Waals surface area (Å²) < 4.78 is 0. The van der Waals surface area contributed by atoms with Gasteiger partial charge < -0.3 is 11.1 Å². The summed E-state index contributed by atoms with van der Waals surface area (Å²) in [5, 5.41) is 3.38. The van der Waals surface area contributed by atoms with Crippen molar-refractivity contribution in [2.24, 2.45) is 5.73 Å². The van der Waals surface area contributed by atoms with Crippen molar-refractivity contribution in [1.82, 2.24) is 10.3 Å². The maximum absolute atomic E-state index is 6.07. The molecule has 0 unspecified atom stereocenters. The summed E-state index contributed by atoms with van der Waals surface area (Å²) in [6.45, 7) is 1.84. The van der Waals surface area contributed by atoms with Crippen LogP contribution in [0.1, 0.15) is 24.1 Å². The first kappa shape index (κ1) is 9.12. The lowest BCUT2D eigenvalue weighted by Gasteiger charge is -2.38. The molecule has 0 radical (unpaired) electrons. The molecule has 72 valence electrons. The molecule has 0 bridgehead atoms. The van der Waals surface area contributed by atoms with Crippen LogP contribution in [0.25, 0.3) is 0 Å². The molecule has 13 heavy (non-hydrogen) atoms. The molecular formula is C9H15N3S. The molecule has 1 aromatic heterocycles. The SMILES string of the molecule is NC1(CNCc2cncs2)CCC1. The lowest BCUT2D eigenvalue weighted by Crippen LogP contribution is -2.53. The van der Waals surface area contributed by atoms with Gasteiger partial charge in [0.1, 0.15) is 0 Å². The highest BCUT2D eigenvalue weighted by Crippen LogP contribution is 2.28. The molecule has 1 aliphatic carbocycles. The number of thiazole rings is 1. The molecular weight excluding hydrogens is 182 g/mol. The van der Waals surface area contributed by atoms with Gasteiger partial charge in [-0.15, -0.1) is 11.3 Å². The minimum Gasteiger partial charge on any atom is -0.324 e. The molecule has 0 saturated heterocycles. The third-order valence-corrected chi connectivity index (χ3v) is 3.39. The summed E-state index contributed by atoms with van der Waals surface area (Å²) in [4.78, 5) is 5.30. The van der Waals surface area contributed by atoms with E-state index >= 15 is 0 Å². The summed E-state index contributed by atoms with van der Waals surface area (Å²) in [6.07, 6.45) is 5.53. The highest BCUT2D eigenvalue weighted by Gasteiger charge is 2.31. The molecule has 2 rings (SSSR count). The Bertz CT molecular complexity index is 254. The Balaban J connectivity index is 1.69. The fourth-order valence-electron chi connectivity index (χ4n) is 1.57. The summed E-state index contributed by atoms with van der Waals surface area (Å²) in [5.74, 6) is 0. The molecule has 0 spiro atoms. The zero-order chi connectivity index (χ0) is 9.15. The Labute approximate surface area is 82.4 Å². The van der Waals surface area contributed by atoms with Crippen LogP contribution in [0, 0.1) is 0 Å². The van der Waals surface area contributed by atoms with E-state index in [4.69, 9.17) is 5.73 Å². The van der Waals surface area contributed by atoms with Gasteiger partial charge in [-0.3, -0.25) is 4.98 Å². The van der Waals surface area contributed by atoms with Crippen LogP contribution in [0.3, 0.4) is 0 Å². The average molecular weight is 197 g/mol. The number of aromatic nitrogens is 1. The van der Waals surface area contributed by atoms with Crippen LogP contribution in [0.4, 0.5) is 0 Å². The monoisotopic (exact) mass is 197 g/mol. The van der Waals surface area contributed by atoms with Gasteiger partial charge in [0.2, 0.25) is 0 Å². The van der Waals surface area contributed by atoms with E-state index < -0.39 is 0 Å². The Kier molecular flexibility index (Phi) is 2.62. The lowest BCUT2D eigenvalue weighted by molar-refractivity contribution is 0.239. The van der Waals surface area contributed by atoms with Crippen molar-refractivity contribution in [3.8, 4) is 0 Å². The number of hydrogen-bond donors (Lipinski definition) is 2. The van der Waals surface area contributed by atoms with E-state index in [0.29, 0.717) is 0 Å². The van der Waals surface area contributed by atoms with E-state index in [-0.39, 0.29) is 5.54 Å². The maximum Gasteiger partial charge on any atom is 0.0794 e. The van der Waals surface area contributed by atoms with E-state index in [1.54, 1.807) is 11.3 Å². The molecule has 0 aliphatic heterocycles. The fourth-order valence-corrected chi connectivity index (χ4v) is 2.14. The second kappa shape index (κ2) is 3.74. The Hall–Kier alpha value is -0.450. The van der Waals surface area contributed by atoms with Crippen molar-refractivity contribution in [1.29, 1.82) is 0 Å². The zero-order valence-electron chi connectivity index (χ0n) is 7.62. The largest absolute Gasteiger partial charge is 0.324 e. The molecule has 3 nitrogen and oxygen atoms in total. The first-order valence-corrected chi connectivity index (χ1v) is 5.53. The zero-order valence-corrected chi connectivity index (χ0v) is 8.44. The third kappa shape index (κ3) is 2.27. The van der Waals surface area contributed by atoms with Gasteiger partial charge in [-0.05, 0) is 19.3 Å². The van der Waals surface area contributed by atoms with Gasteiger partial charge >= 0.3 is 0 Å². The van der Waals surface area contributed by atoms with Gasteiger partial charge in [0.05, 0.1) is 5.51 Å². The number of nitrogens with one attached hydrogen (secondary N) is 1. The summed E-state index contributed by atoms with van der Waals surface area (Å²) in [7, 11) is 0. The van der Waals surface area contributed by atoms with Crippen molar-refractivity contribution in [2.45, 2.75) is 31.3 Å². The molecule has 1 fully saturated rings. The number of rotatable bonds is 4. The van der Waals surface area contributed by atoms with E-state index in [2.05, 4.69) is 10.3 Å². The van der Waals surface area contributed by atoms with Crippen LogP contribution in [-0.4, -0.2) is 17.1 Å². The molecule has 0 amide bonds. The Morgan fingerprint density at radius 3 is 3.00 bits per heavy atom. The van der Waals surface area contributed by atoms with E-state index in [0.717, 1.165) is 13.1 Å². The van der Waals surface area contributed by atoms with Crippen molar-refractivity contribution >= 4 is 11.3 Å². The second-order valence-corrected chi connectivity index (χ2v) is 4.76. The van der Waals surface area contributed by atoms with Crippen molar-refractivity contribution in [2.75, 3.05) is 6.54 Å². The molecule has 3 N–H and O–H groups in total. The number of nitrogens with zero attached hydrogens (tertiary/aromatic N) is 1. The quantitative estimate of drug-likeness (QED) is 0.760. The van der Waals surface area contributed by atoms with E-state index in [1.807, 2.05) is 11.7 Å². The second-order valence-electron chi connectivity index (χ2n) is 3.79. The normalized spacial score (nSPS) is 19.8. The van der Waals surface area contributed by atoms with Gasteiger partial charge in [0, 0.05) is 29.7 Å². The van der Waals surface area contributed by atoms with Crippen LogP contribution >= 0.6 is 11.3 Å².